The molecular formula is C14H20Cl2N4O. The van der Waals surface area contributed by atoms with Crippen molar-refractivity contribution in [3.05, 3.63) is 29.8 Å². The van der Waals surface area contributed by atoms with Crippen LogP contribution in [0.5, 0.6) is 0 Å². The third kappa shape index (κ3) is 4.66. The van der Waals surface area contributed by atoms with Crippen LogP contribution in [0.15, 0.2) is 22.9 Å². The summed E-state index contributed by atoms with van der Waals surface area (Å²) in [4.78, 5) is 8.73. The van der Waals surface area contributed by atoms with Gasteiger partial charge in [0, 0.05) is 12.6 Å². The highest BCUT2D eigenvalue weighted by Crippen LogP contribution is 2.19. The normalized spacial score (nSPS) is 15.1. The number of nitrogens with zero attached hydrogens (tertiary/aromatic N) is 3. The molecular weight excluding hydrogens is 311 g/mol. The van der Waals surface area contributed by atoms with Crippen LogP contribution in [0, 0.1) is 12.8 Å². The molecule has 1 saturated heterocycles. The fourth-order valence-corrected chi connectivity index (χ4v) is 2.43. The zero-order valence-electron chi connectivity index (χ0n) is 11.9. The first-order valence-electron chi connectivity index (χ1n) is 6.77. The second-order valence-corrected chi connectivity index (χ2v) is 5.13. The van der Waals surface area contributed by atoms with Crippen molar-refractivity contribution in [2.24, 2.45) is 5.92 Å². The summed E-state index contributed by atoms with van der Waals surface area (Å²) in [6.07, 6.45) is 5.01. The number of aryl methyl sites for hydroxylation is 1. The van der Waals surface area contributed by atoms with E-state index in [4.69, 9.17) is 4.52 Å². The second-order valence-electron chi connectivity index (χ2n) is 5.13. The van der Waals surface area contributed by atoms with Gasteiger partial charge in [0.1, 0.15) is 5.69 Å². The predicted octanol–water partition coefficient (Wildman–Crippen LogP) is 2.83. The Bertz CT molecular complexity index is 555. The number of hydrogen-bond donors (Lipinski definition) is 1. The minimum atomic E-state index is 0. The Balaban J connectivity index is 0.00000110. The lowest BCUT2D eigenvalue weighted by molar-refractivity contribution is 0.313. The molecule has 7 heteroatoms. The van der Waals surface area contributed by atoms with E-state index in [-0.39, 0.29) is 24.8 Å². The van der Waals surface area contributed by atoms with E-state index in [9.17, 15) is 0 Å². The van der Waals surface area contributed by atoms with Crippen LogP contribution in [0.25, 0.3) is 11.5 Å². The molecule has 116 valence electrons. The van der Waals surface area contributed by atoms with Crippen molar-refractivity contribution in [3.8, 4) is 11.5 Å². The van der Waals surface area contributed by atoms with Crippen LogP contribution in [0.3, 0.4) is 0 Å². The zero-order chi connectivity index (χ0) is 13.1. The lowest BCUT2D eigenvalue weighted by atomic mass is 9.95. The summed E-state index contributed by atoms with van der Waals surface area (Å²) in [5.74, 6) is 1.97. The van der Waals surface area contributed by atoms with Crippen LogP contribution in [0.1, 0.15) is 24.3 Å². The second kappa shape index (κ2) is 8.32. The molecule has 2 aromatic rings. The molecule has 2 aromatic heterocycles. The van der Waals surface area contributed by atoms with Crippen LogP contribution in [-0.2, 0) is 6.42 Å². The third-order valence-corrected chi connectivity index (χ3v) is 3.53. The highest BCUT2D eigenvalue weighted by atomic mass is 35.5. The number of halogens is 2. The Kier molecular flexibility index (Phi) is 7.08. The van der Waals surface area contributed by atoms with Gasteiger partial charge >= 0.3 is 0 Å². The van der Waals surface area contributed by atoms with Crippen molar-refractivity contribution in [3.63, 3.8) is 0 Å². The lowest BCUT2D eigenvalue weighted by Crippen LogP contribution is -2.28. The van der Waals surface area contributed by atoms with Crippen molar-refractivity contribution < 1.29 is 4.52 Å². The van der Waals surface area contributed by atoms with Gasteiger partial charge in [0.15, 0.2) is 0 Å². The molecule has 3 heterocycles. The maximum absolute atomic E-state index is 5.34. The monoisotopic (exact) mass is 330 g/mol. The van der Waals surface area contributed by atoms with Crippen molar-refractivity contribution in [1.29, 1.82) is 0 Å². The fourth-order valence-electron chi connectivity index (χ4n) is 2.43. The number of rotatable bonds is 3. The molecule has 1 N–H and O–H groups in total. The predicted molar refractivity (Wildman–Crippen MR) is 86.1 cm³/mol. The molecule has 0 aromatic carbocycles. The number of aromatic nitrogens is 3. The Morgan fingerprint density at radius 2 is 2.05 bits per heavy atom. The van der Waals surface area contributed by atoms with E-state index < -0.39 is 0 Å². The van der Waals surface area contributed by atoms with Crippen LogP contribution in [0.2, 0.25) is 0 Å². The Morgan fingerprint density at radius 1 is 1.29 bits per heavy atom. The maximum atomic E-state index is 5.34. The minimum absolute atomic E-state index is 0. The van der Waals surface area contributed by atoms with Gasteiger partial charge in [0.2, 0.25) is 11.7 Å². The molecule has 0 aliphatic carbocycles. The molecule has 3 rings (SSSR count). The smallest absolute Gasteiger partial charge is 0.227 e. The molecule has 0 saturated carbocycles. The van der Waals surface area contributed by atoms with Gasteiger partial charge in [0.25, 0.3) is 0 Å². The van der Waals surface area contributed by atoms with Crippen molar-refractivity contribution in [2.75, 3.05) is 13.1 Å². The molecule has 1 aliphatic heterocycles. The van der Waals surface area contributed by atoms with E-state index >= 15 is 0 Å². The van der Waals surface area contributed by atoms with Gasteiger partial charge in [-0.05, 0) is 56.5 Å². The molecule has 0 radical (unpaired) electrons. The quantitative estimate of drug-likeness (QED) is 0.937. The van der Waals surface area contributed by atoms with Crippen LogP contribution >= 0.6 is 24.8 Å². The summed E-state index contributed by atoms with van der Waals surface area (Å²) >= 11 is 0. The van der Waals surface area contributed by atoms with Crippen molar-refractivity contribution in [2.45, 2.75) is 26.2 Å². The van der Waals surface area contributed by atoms with E-state index in [0.717, 1.165) is 36.7 Å². The first-order valence-corrected chi connectivity index (χ1v) is 6.77. The van der Waals surface area contributed by atoms with Crippen LogP contribution in [0.4, 0.5) is 0 Å². The lowest BCUT2D eigenvalue weighted by Gasteiger charge is -2.20. The topological polar surface area (TPSA) is 63.8 Å². The van der Waals surface area contributed by atoms with Crippen molar-refractivity contribution in [1.82, 2.24) is 20.4 Å². The summed E-state index contributed by atoms with van der Waals surface area (Å²) < 4.78 is 5.34. The van der Waals surface area contributed by atoms with Crippen LogP contribution < -0.4 is 5.32 Å². The summed E-state index contributed by atoms with van der Waals surface area (Å²) in [5, 5.41) is 7.39. The van der Waals surface area contributed by atoms with E-state index in [1.54, 1.807) is 6.20 Å². The standard InChI is InChI=1S/C14H18N4O.2ClH/c1-10-2-7-16-12(8-10)14-17-13(19-18-14)9-11-3-5-15-6-4-11;;/h2,7-8,11,15H,3-6,9H2,1H3;2*1H. The fraction of sp³-hybridized carbons (Fsp3) is 0.500. The van der Waals surface area contributed by atoms with Gasteiger partial charge in [-0.1, -0.05) is 5.16 Å². The SMILES string of the molecule is Cc1ccnc(-c2noc(CC3CCNCC3)n2)c1.Cl.Cl. The first-order chi connectivity index (χ1) is 9.31. The average Bonchev–Trinajstić information content (AvgIpc) is 2.88. The van der Waals surface area contributed by atoms with Gasteiger partial charge < -0.3 is 9.84 Å². The number of hydrogen-bond acceptors (Lipinski definition) is 5. The summed E-state index contributed by atoms with van der Waals surface area (Å²) in [5.41, 5.74) is 1.93. The van der Waals surface area contributed by atoms with Crippen LogP contribution in [-0.4, -0.2) is 28.2 Å². The van der Waals surface area contributed by atoms with Crippen molar-refractivity contribution >= 4 is 24.8 Å². The highest BCUT2D eigenvalue weighted by Gasteiger charge is 2.18. The van der Waals surface area contributed by atoms with Gasteiger partial charge in [-0.25, -0.2) is 0 Å². The molecule has 1 fully saturated rings. The van der Waals surface area contributed by atoms with E-state index in [0.29, 0.717) is 11.7 Å². The minimum Gasteiger partial charge on any atom is -0.339 e. The average molecular weight is 331 g/mol. The summed E-state index contributed by atoms with van der Waals surface area (Å²) in [6.45, 7) is 4.21. The Labute approximate surface area is 136 Å². The molecule has 21 heavy (non-hydrogen) atoms. The molecule has 0 spiro atoms. The molecule has 0 atom stereocenters. The molecule has 1 aliphatic rings. The highest BCUT2D eigenvalue weighted by molar-refractivity contribution is 5.85. The van der Waals surface area contributed by atoms with Gasteiger partial charge in [-0.2, -0.15) is 4.98 Å². The van der Waals surface area contributed by atoms with Gasteiger partial charge in [-0.15, -0.1) is 24.8 Å². The molecule has 0 bridgehead atoms. The number of nitrogens with one attached hydrogen (secondary N) is 1. The molecule has 0 unspecified atom stereocenters. The molecule has 5 nitrogen and oxygen atoms in total. The third-order valence-electron chi connectivity index (χ3n) is 3.53. The summed E-state index contributed by atoms with van der Waals surface area (Å²) in [7, 11) is 0. The number of piperidine rings is 1. The maximum Gasteiger partial charge on any atom is 0.227 e. The molecule has 0 amide bonds. The van der Waals surface area contributed by atoms with E-state index in [1.807, 2.05) is 19.1 Å². The van der Waals surface area contributed by atoms with Gasteiger partial charge in [0.05, 0.1) is 0 Å². The Hall–Kier alpha value is -1.17. The van der Waals surface area contributed by atoms with E-state index in [2.05, 4.69) is 20.4 Å². The van der Waals surface area contributed by atoms with E-state index in [1.165, 1.54) is 12.8 Å². The largest absolute Gasteiger partial charge is 0.339 e. The first kappa shape index (κ1) is 17.9. The number of pyridine rings is 1. The Morgan fingerprint density at radius 3 is 2.76 bits per heavy atom. The summed E-state index contributed by atoms with van der Waals surface area (Å²) in [6, 6.07) is 3.93. The van der Waals surface area contributed by atoms with Gasteiger partial charge in [-0.3, -0.25) is 4.98 Å². The zero-order valence-corrected chi connectivity index (χ0v) is 13.5.